The lowest BCUT2D eigenvalue weighted by Gasteiger charge is -2.22. The number of benzene rings is 1. The first-order valence-corrected chi connectivity index (χ1v) is 10.3. The van der Waals surface area contributed by atoms with Crippen LogP contribution in [0, 0.1) is 0 Å². The summed E-state index contributed by atoms with van der Waals surface area (Å²) in [6, 6.07) is 10.8. The average molecular weight is 472 g/mol. The van der Waals surface area contributed by atoms with Gasteiger partial charge in [0, 0.05) is 22.1 Å². The standard InChI is InChI=1S/C17H12BrClN2O3S2/c18-14-6-5-12(25-14)9-13-16(24)20-17(26-13)21(8-7-15(22)23)11-3-1-10(19)2-4-11/h1-6,9H,7-8H2,(H,22,23)/b13-9-. The monoisotopic (exact) mass is 470 g/mol. The number of nitrogens with zero attached hydrogens (tertiary/aromatic N) is 2. The molecule has 5 nitrogen and oxygen atoms in total. The van der Waals surface area contributed by atoms with Crippen molar-refractivity contribution in [3.05, 3.63) is 55.0 Å². The molecule has 0 radical (unpaired) electrons. The van der Waals surface area contributed by atoms with E-state index in [1.807, 2.05) is 12.1 Å². The minimum atomic E-state index is -0.918. The summed E-state index contributed by atoms with van der Waals surface area (Å²) < 4.78 is 0.977. The van der Waals surface area contributed by atoms with Crippen LogP contribution in [0.3, 0.4) is 0 Å². The number of carbonyl (C=O) groups excluding carboxylic acids is 1. The number of thiophene rings is 1. The van der Waals surface area contributed by atoms with E-state index in [9.17, 15) is 9.59 Å². The highest BCUT2D eigenvalue weighted by atomic mass is 79.9. The van der Waals surface area contributed by atoms with Gasteiger partial charge in [-0.1, -0.05) is 11.6 Å². The number of hydrogen-bond acceptors (Lipinski definition) is 5. The first-order chi connectivity index (χ1) is 12.4. The molecule has 1 N–H and O–H groups in total. The number of aliphatic carboxylic acids is 1. The molecule has 26 heavy (non-hydrogen) atoms. The van der Waals surface area contributed by atoms with Crippen molar-refractivity contribution in [2.45, 2.75) is 6.42 Å². The zero-order valence-corrected chi connectivity index (χ0v) is 17.2. The number of thioether (sulfide) groups is 1. The van der Waals surface area contributed by atoms with Crippen LogP contribution in [-0.4, -0.2) is 28.7 Å². The molecule has 1 aromatic heterocycles. The molecule has 0 spiro atoms. The van der Waals surface area contributed by atoms with Crippen LogP contribution in [0.5, 0.6) is 0 Å². The number of anilines is 1. The second-order valence-electron chi connectivity index (χ2n) is 5.22. The molecule has 1 aromatic carbocycles. The molecule has 0 fully saturated rings. The second-order valence-corrected chi connectivity index (χ2v) is 9.16. The molecule has 0 saturated heterocycles. The summed E-state index contributed by atoms with van der Waals surface area (Å²) in [5.74, 6) is -1.25. The number of carbonyl (C=O) groups is 2. The first-order valence-electron chi connectivity index (χ1n) is 7.45. The van der Waals surface area contributed by atoms with E-state index < -0.39 is 5.97 Å². The van der Waals surface area contributed by atoms with Crippen molar-refractivity contribution in [3.8, 4) is 0 Å². The van der Waals surface area contributed by atoms with E-state index in [0.717, 1.165) is 14.4 Å². The van der Waals surface area contributed by atoms with Gasteiger partial charge in [0.1, 0.15) is 0 Å². The summed E-state index contributed by atoms with van der Waals surface area (Å²) in [6.45, 7) is 0.202. The van der Waals surface area contributed by atoms with Crippen molar-refractivity contribution in [1.29, 1.82) is 0 Å². The third-order valence-corrected chi connectivity index (χ3v) is 6.22. The van der Waals surface area contributed by atoms with E-state index in [4.69, 9.17) is 16.7 Å². The maximum absolute atomic E-state index is 12.3. The van der Waals surface area contributed by atoms with Crippen molar-refractivity contribution in [3.63, 3.8) is 0 Å². The van der Waals surface area contributed by atoms with E-state index in [2.05, 4.69) is 20.9 Å². The van der Waals surface area contributed by atoms with Crippen LogP contribution in [0.25, 0.3) is 6.08 Å². The van der Waals surface area contributed by atoms with Gasteiger partial charge in [-0.25, -0.2) is 0 Å². The molecule has 9 heteroatoms. The normalized spacial score (nSPS) is 15.4. The molecular formula is C17H12BrClN2O3S2. The van der Waals surface area contributed by atoms with E-state index in [1.165, 1.54) is 23.1 Å². The average Bonchev–Trinajstić information content (AvgIpc) is 3.15. The summed E-state index contributed by atoms with van der Waals surface area (Å²) in [5.41, 5.74) is 0.731. The Kier molecular flexibility index (Phi) is 6.18. The molecule has 0 saturated carbocycles. The SMILES string of the molecule is O=C(O)CCN(C1=NC(=O)/C(=C/c2ccc(Br)s2)S1)c1ccc(Cl)cc1. The predicted octanol–water partition coefficient (Wildman–Crippen LogP) is 5.12. The van der Waals surface area contributed by atoms with E-state index in [0.29, 0.717) is 15.1 Å². The molecule has 2 aromatic rings. The number of carboxylic acid groups (broad SMARTS) is 1. The van der Waals surface area contributed by atoms with E-state index in [-0.39, 0.29) is 18.9 Å². The third kappa shape index (κ3) is 4.76. The summed E-state index contributed by atoms with van der Waals surface area (Å²) >= 11 is 12.1. The molecule has 1 aliphatic rings. The maximum Gasteiger partial charge on any atom is 0.305 e. The van der Waals surface area contributed by atoms with Gasteiger partial charge in [0.15, 0.2) is 5.17 Å². The zero-order valence-electron chi connectivity index (χ0n) is 13.2. The Bertz CT molecular complexity index is 909. The Morgan fingerprint density at radius 2 is 2.00 bits per heavy atom. The topological polar surface area (TPSA) is 70.0 Å². The number of amides is 1. The van der Waals surface area contributed by atoms with Gasteiger partial charge in [-0.05, 0) is 70.2 Å². The van der Waals surface area contributed by atoms with E-state index >= 15 is 0 Å². The Morgan fingerprint density at radius 1 is 1.27 bits per heavy atom. The molecule has 3 rings (SSSR count). The molecule has 2 heterocycles. The molecule has 0 aliphatic carbocycles. The molecule has 0 bridgehead atoms. The molecule has 1 amide bonds. The van der Waals surface area contributed by atoms with E-state index in [1.54, 1.807) is 35.2 Å². The largest absolute Gasteiger partial charge is 0.481 e. The van der Waals surface area contributed by atoms with Crippen LogP contribution >= 0.6 is 50.6 Å². The van der Waals surface area contributed by atoms with Crippen LogP contribution in [0.2, 0.25) is 5.02 Å². The van der Waals surface area contributed by atoms with Gasteiger partial charge in [-0.3, -0.25) is 9.59 Å². The molecule has 134 valence electrons. The van der Waals surface area contributed by atoms with Gasteiger partial charge in [0.2, 0.25) is 0 Å². The second kappa shape index (κ2) is 8.39. The van der Waals surface area contributed by atoms with Gasteiger partial charge in [0.25, 0.3) is 5.91 Å². The Morgan fingerprint density at radius 3 is 2.62 bits per heavy atom. The maximum atomic E-state index is 12.3. The Hall–Kier alpha value is -1.61. The number of carboxylic acids is 1. The fourth-order valence-electron chi connectivity index (χ4n) is 2.21. The fraction of sp³-hybridized carbons (Fsp3) is 0.118. The number of halogens is 2. The Labute approximate surface area is 171 Å². The third-order valence-electron chi connectivity index (χ3n) is 3.40. The summed E-state index contributed by atoms with van der Waals surface area (Å²) in [6.07, 6.45) is 1.71. The molecule has 1 aliphatic heterocycles. The minimum Gasteiger partial charge on any atom is -0.481 e. The van der Waals surface area contributed by atoms with Gasteiger partial charge in [0.05, 0.1) is 15.1 Å². The minimum absolute atomic E-state index is 0.0761. The van der Waals surface area contributed by atoms with Crippen molar-refractivity contribution in [1.82, 2.24) is 0 Å². The molecule has 0 atom stereocenters. The van der Waals surface area contributed by atoms with Gasteiger partial charge < -0.3 is 10.0 Å². The van der Waals surface area contributed by atoms with Crippen molar-refractivity contribution < 1.29 is 14.7 Å². The lowest BCUT2D eigenvalue weighted by atomic mass is 10.3. The number of aliphatic imine (C=N–C) groups is 1. The van der Waals surface area contributed by atoms with Crippen molar-refractivity contribution in [2.24, 2.45) is 4.99 Å². The molecule has 0 unspecified atom stereocenters. The first kappa shape index (κ1) is 19.2. The number of amidine groups is 1. The lowest BCUT2D eigenvalue weighted by Crippen LogP contribution is -2.30. The van der Waals surface area contributed by atoms with Crippen LogP contribution < -0.4 is 4.90 Å². The summed E-state index contributed by atoms with van der Waals surface area (Å²) in [4.78, 5) is 30.6. The van der Waals surface area contributed by atoms with Gasteiger partial charge >= 0.3 is 5.97 Å². The van der Waals surface area contributed by atoms with Gasteiger partial charge in [-0.15, -0.1) is 11.3 Å². The Balaban J connectivity index is 1.85. The predicted molar refractivity (Wildman–Crippen MR) is 111 cm³/mol. The fourth-order valence-corrected chi connectivity index (χ4v) is 4.73. The summed E-state index contributed by atoms with van der Waals surface area (Å²) in [5, 5.41) is 10.1. The summed E-state index contributed by atoms with van der Waals surface area (Å²) in [7, 11) is 0. The zero-order chi connectivity index (χ0) is 18.7. The number of hydrogen-bond donors (Lipinski definition) is 1. The van der Waals surface area contributed by atoms with Crippen molar-refractivity contribution >= 4 is 79.4 Å². The highest BCUT2D eigenvalue weighted by Crippen LogP contribution is 2.34. The van der Waals surface area contributed by atoms with Crippen LogP contribution in [0.4, 0.5) is 5.69 Å². The highest BCUT2D eigenvalue weighted by molar-refractivity contribution is 9.11. The highest BCUT2D eigenvalue weighted by Gasteiger charge is 2.27. The quantitative estimate of drug-likeness (QED) is 0.613. The molecular weight excluding hydrogens is 460 g/mol. The van der Waals surface area contributed by atoms with Crippen molar-refractivity contribution in [2.75, 3.05) is 11.4 Å². The van der Waals surface area contributed by atoms with Crippen LogP contribution in [-0.2, 0) is 9.59 Å². The number of rotatable bonds is 5. The lowest BCUT2D eigenvalue weighted by molar-refractivity contribution is -0.136. The van der Waals surface area contributed by atoms with Gasteiger partial charge in [-0.2, -0.15) is 4.99 Å². The smallest absolute Gasteiger partial charge is 0.305 e. The van der Waals surface area contributed by atoms with Crippen LogP contribution in [0.1, 0.15) is 11.3 Å². The van der Waals surface area contributed by atoms with Crippen LogP contribution in [0.15, 0.2) is 50.1 Å².